The van der Waals surface area contributed by atoms with Gasteiger partial charge in [-0.3, -0.25) is 9.69 Å². The van der Waals surface area contributed by atoms with E-state index >= 15 is 0 Å². The van der Waals surface area contributed by atoms with E-state index in [4.69, 9.17) is 5.73 Å². The normalized spacial score (nSPS) is 20.5. The lowest BCUT2D eigenvalue weighted by atomic mass is 9.89. The third-order valence-corrected chi connectivity index (χ3v) is 2.76. The van der Waals surface area contributed by atoms with Gasteiger partial charge in [-0.15, -0.1) is 0 Å². The molecule has 0 radical (unpaired) electrons. The van der Waals surface area contributed by atoms with E-state index in [1.54, 1.807) is 0 Å². The fraction of sp³-hybridized carbons (Fsp3) is 0.917. The molecule has 1 saturated heterocycles. The molecular formula is C12H24N2O. The second-order valence-electron chi connectivity index (χ2n) is 5.89. The molecule has 1 aliphatic rings. The minimum absolute atomic E-state index is 0.114. The monoisotopic (exact) mass is 212 g/mol. The van der Waals surface area contributed by atoms with E-state index in [1.807, 2.05) is 0 Å². The Morgan fingerprint density at radius 2 is 1.87 bits per heavy atom. The first-order chi connectivity index (χ1) is 6.87. The summed E-state index contributed by atoms with van der Waals surface area (Å²) in [6.07, 6.45) is 2.74. The molecule has 0 aromatic carbocycles. The molecule has 0 aliphatic carbocycles. The predicted octanol–water partition coefficient (Wildman–Crippen LogP) is 1.41. The second-order valence-corrected chi connectivity index (χ2v) is 5.89. The molecule has 3 nitrogen and oxygen atoms in total. The molecule has 0 bridgehead atoms. The highest BCUT2D eigenvalue weighted by Crippen LogP contribution is 2.19. The molecule has 88 valence electrons. The van der Waals surface area contributed by atoms with Crippen molar-refractivity contribution >= 4 is 5.78 Å². The van der Waals surface area contributed by atoms with E-state index in [1.165, 1.54) is 0 Å². The maximum absolute atomic E-state index is 11.7. The molecule has 1 heterocycles. The van der Waals surface area contributed by atoms with Gasteiger partial charge < -0.3 is 5.73 Å². The van der Waals surface area contributed by atoms with Crippen LogP contribution in [0.15, 0.2) is 0 Å². The molecule has 0 atom stereocenters. The molecule has 1 fully saturated rings. The second kappa shape index (κ2) is 5.08. The Morgan fingerprint density at radius 1 is 1.33 bits per heavy atom. The molecule has 2 N–H and O–H groups in total. The van der Waals surface area contributed by atoms with Crippen molar-refractivity contribution in [3.63, 3.8) is 0 Å². The van der Waals surface area contributed by atoms with Gasteiger partial charge in [-0.1, -0.05) is 20.8 Å². The van der Waals surface area contributed by atoms with Crippen molar-refractivity contribution in [1.29, 1.82) is 0 Å². The van der Waals surface area contributed by atoms with Crippen molar-refractivity contribution in [1.82, 2.24) is 4.90 Å². The summed E-state index contributed by atoms with van der Waals surface area (Å²) >= 11 is 0. The van der Waals surface area contributed by atoms with Crippen LogP contribution < -0.4 is 5.73 Å². The average Bonchev–Trinajstić information content (AvgIpc) is 2.05. The molecule has 0 aromatic rings. The van der Waals surface area contributed by atoms with E-state index in [0.717, 1.165) is 25.9 Å². The summed E-state index contributed by atoms with van der Waals surface area (Å²) in [5, 5.41) is 0. The lowest BCUT2D eigenvalue weighted by Gasteiger charge is -2.30. The van der Waals surface area contributed by atoms with Crippen LogP contribution in [0.1, 0.15) is 40.0 Å². The Hall–Kier alpha value is -0.410. The summed E-state index contributed by atoms with van der Waals surface area (Å²) in [5.41, 5.74) is 5.93. The van der Waals surface area contributed by atoms with Gasteiger partial charge in [-0.05, 0) is 18.3 Å². The zero-order valence-electron chi connectivity index (χ0n) is 10.3. The van der Waals surface area contributed by atoms with E-state index in [-0.39, 0.29) is 5.41 Å². The summed E-state index contributed by atoms with van der Waals surface area (Å²) in [7, 11) is 0. The van der Waals surface area contributed by atoms with Crippen molar-refractivity contribution in [3.8, 4) is 0 Å². The van der Waals surface area contributed by atoms with E-state index in [9.17, 15) is 4.79 Å². The zero-order valence-corrected chi connectivity index (χ0v) is 10.3. The maximum Gasteiger partial charge on any atom is 0.147 e. The molecule has 3 heteroatoms. The SMILES string of the molecule is CC(C)(C)CC(=O)CN1CCC(N)CC1. The smallest absolute Gasteiger partial charge is 0.147 e. The number of nitrogens with two attached hydrogens (primary N) is 1. The molecule has 0 amide bonds. The fourth-order valence-electron chi connectivity index (χ4n) is 2.01. The first-order valence-electron chi connectivity index (χ1n) is 5.86. The van der Waals surface area contributed by atoms with Crippen molar-refractivity contribution in [2.24, 2.45) is 11.1 Å². The number of hydrogen-bond donors (Lipinski definition) is 1. The molecule has 1 aliphatic heterocycles. The minimum Gasteiger partial charge on any atom is -0.328 e. The van der Waals surface area contributed by atoms with Crippen LogP contribution in [0.2, 0.25) is 0 Å². The van der Waals surface area contributed by atoms with Gasteiger partial charge in [0.25, 0.3) is 0 Å². The molecule has 0 unspecified atom stereocenters. The van der Waals surface area contributed by atoms with Gasteiger partial charge >= 0.3 is 0 Å². The predicted molar refractivity (Wildman–Crippen MR) is 62.7 cm³/mol. The van der Waals surface area contributed by atoms with E-state index in [0.29, 0.717) is 24.8 Å². The number of likely N-dealkylation sites (tertiary alicyclic amines) is 1. The van der Waals surface area contributed by atoms with Crippen LogP contribution in [0, 0.1) is 5.41 Å². The number of piperidine rings is 1. The van der Waals surface area contributed by atoms with Gasteiger partial charge in [0.2, 0.25) is 0 Å². The summed E-state index contributed by atoms with van der Waals surface area (Å²) in [4.78, 5) is 14.0. The Labute approximate surface area is 93.0 Å². The number of hydrogen-bond acceptors (Lipinski definition) is 3. The quantitative estimate of drug-likeness (QED) is 0.769. The fourth-order valence-corrected chi connectivity index (χ4v) is 2.01. The van der Waals surface area contributed by atoms with E-state index in [2.05, 4.69) is 25.7 Å². The molecule has 0 spiro atoms. The lowest BCUT2D eigenvalue weighted by Crippen LogP contribution is -2.42. The minimum atomic E-state index is 0.114. The largest absolute Gasteiger partial charge is 0.328 e. The molecular weight excluding hydrogens is 188 g/mol. The van der Waals surface area contributed by atoms with Crippen LogP contribution in [0.5, 0.6) is 0 Å². The van der Waals surface area contributed by atoms with Crippen molar-refractivity contribution in [2.45, 2.75) is 46.1 Å². The zero-order chi connectivity index (χ0) is 11.5. The van der Waals surface area contributed by atoms with Crippen molar-refractivity contribution < 1.29 is 4.79 Å². The van der Waals surface area contributed by atoms with Gasteiger partial charge in [-0.2, -0.15) is 0 Å². The van der Waals surface area contributed by atoms with Crippen molar-refractivity contribution in [2.75, 3.05) is 19.6 Å². The first kappa shape index (κ1) is 12.7. The first-order valence-corrected chi connectivity index (χ1v) is 5.86. The summed E-state index contributed by atoms with van der Waals surface area (Å²) in [5.74, 6) is 0.359. The van der Waals surface area contributed by atoms with Gasteiger partial charge in [0.1, 0.15) is 5.78 Å². The maximum atomic E-state index is 11.7. The number of nitrogens with zero attached hydrogens (tertiary/aromatic N) is 1. The van der Waals surface area contributed by atoms with Crippen LogP contribution >= 0.6 is 0 Å². The number of rotatable bonds is 3. The highest BCUT2D eigenvalue weighted by molar-refractivity contribution is 5.81. The third-order valence-electron chi connectivity index (χ3n) is 2.76. The topological polar surface area (TPSA) is 46.3 Å². The number of Topliss-reactive ketones (excluding diaryl/α,β-unsaturated/α-hetero) is 1. The summed E-state index contributed by atoms with van der Waals surface area (Å²) < 4.78 is 0. The Morgan fingerprint density at radius 3 is 2.33 bits per heavy atom. The van der Waals surface area contributed by atoms with Crippen LogP contribution in [0.4, 0.5) is 0 Å². The van der Waals surface area contributed by atoms with Crippen LogP contribution in [-0.4, -0.2) is 36.4 Å². The number of ketones is 1. The molecule has 15 heavy (non-hydrogen) atoms. The highest BCUT2D eigenvalue weighted by Gasteiger charge is 2.21. The number of carbonyl (C=O) groups is 1. The molecule has 0 aromatic heterocycles. The highest BCUT2D eigenvalue weighted by atomic mass is 16.1. The van der Waals surface area contributed by atoms with Gasteiger partial charge in [-0.25, -0.2) is 0 Å². The summed E-state index contributed by atoms with van der Waals surface area (Å²) in [6, 6.07) is 0.346. The average molecular weight is 212 g/mol. The molecule has 1 rings (SSSR count). The van der Waals surface area contributed by atoms with Crippen molar-refractivity contribution in [3.05, 3.63) is 0 Å². The molecule has 0 saturated carbocycles. The Balaban J connectivity index is 2.27. The van der Waals surface area contributed by atoms with Crippen LogP contribution in [-0.2, 0) is 4.79 Å². The Bertz CT molecular complexity index is 212. The summed E-state index contributed by atoms with van der Waals surface area (Å²) in [6.45, 7) is 8.91. The van der Waals surface area contributed by atoms with Gasteiger partial charge in [0.05, 0.1) is 6.54 Å². The van der Waals surface area contributed by atoms with Crippen LogP contribution in [0.25, 0.3) is 0 Å². The van der Waals surface area contributed by atoms with E-state index < -0.39 is 0 Å². The van der Waals surface area contributed by atoms with Gasteiger partial charge in [0.15, 0.2) is 0 Å². The Kier molecular flexibility index (Phi) is 4.29. The van der Waals surface area contributed by atoms with Gasteiger partial charge in [0, 0.05) is 25.6 Å². The standard InChI is InChI=1S/C12H24N2O/c1-12(2,3)8-11(15)9-14-6-4-10(13)5-7-14/h10H,4-9,13H2,1-3H3. The third kappa shape index (κ3) is 5.28. The van der Waals surface area contributed by atoms with Crippen LogP contribution in [0.3, 0.4) is 0 Å². The lowest BCUT2D eigenvalue weighted by molar-refractivity contribution is -0.122. The number of carbonyl (C=O) groups excluding carboxylic acids is 1.